The lowest BCUT2D eigenvalue weighted by molar-refractivity contribution is -0.139. The minimum atomic E-state index is -4.06. The second-order valence-electron chi connectivity index (χ2n) is 9.50. The third kappa shape index (κ3) is 4.27. The molecule has 1 saturated carbocycles. The topological polar surface area (TPSA) is 47.0 Å². The van der Waals surface area contributed by atoms with E-state index >= 15 is 0 Å². The number of piperidine rings is 1. The van der Waals surface area contributed by atoms with Crippen LogP contribution in [0.25, 0.3) is 0 Å². The predicted molar refractivity (Wildman–Crippen MR) is 99.2 cm³/mol. The van der Waals surface area contributed by atoms with Crippen LogP contribution in [0.5, 0.6) is 0 Å². The Labute approximate surface area is 164 Å². The fraction of sp³-hybridized carbons (Fsp3) is 0.950. The van der Waals surface area contributed by atoms with E-state index in [1.807, 2.05) is 0 Å². The van der Waals surface area contributed by atoms with Crippen LogP contribution in [-0.4, -0.2) is 83.4 Å². The fourth-order valence-electron chi connectivity index (χ4n) is 6.23. The van der Waals surface area contributed by atoms with E-state index in [1.165, 1.54) is 0 Å². The van der Waals surface area contributed by atoms with Crippen molar-refractivity contribution in [1.82, 2.24) is 14.7 Å². The SMILES string of the molecule is O=C(O)N1CCC2(CC(N3CCC([C@@H]4CCCN4CCC(F)(F)F)CC3)C2)C1. The number of alkyl halides is 3. The van der Waals surface area contributed by atoms with Gasteiger partial charge < -0.3 is 14.9 Å². The van der Waals surface area contributed by atoms with Crippen LogP contribution in [-0.2, 0) is 0 Å². The average molecular weight is 403 g/mol. The van der Waals surface area contributed by atoms with Crippen LogP contribution in [0.1, 0.15) is 51.4 Å². The summed E-state index contributed by atoms with van der Waals surface area (Å²) in [4.78, 5) is 17.3. The van der Waals surface area contributed by atoms with Crippen molar-refractivity contribution in [3.05, 3.63) is 0 Å². The molecule has 0 bridgehead atoms. The Hall–Kier alpha value is -1.02. The third-order valence-electron chi connectivity index (χ3n) is 7.78. The zero-order valence-electron chi connectivity index (χ0n) is 16.5. The van der Waals surface area contributed by atoms with Crippen molar-refractivity contribution in [1.29, 1.82) is 0 Å². The number of halogens is 3. The summed E-state index contributed by atoms with van der Waals surface area (Å²) in [6, 6.07) is 0.899. The molecule has 0 aromatic rings. The average Bonchev–Trinajstić information content (AvgIpc) is 3.25. The highest BCUT2D eigenvalue weighted by Gasteiger charge is 2.51. The molecule has 8 heteroatoms. The predicted octanol–water partition coefficient (Wildman–Crippen LogP) is 3.65. The largest absolute Gasteiger partial charge is 0.465 e. The number of rotatable bonds is 4. The van der Waals surface area contributed by atoms with Gasteiger partial charge in [0, 0.05) is 31.7 Å². The summed E-state index contributed by atoms with van der Waals surface area (Å²) >= 11 is 0. The van der Waals surface area contributed by atoms with Crippen molar-refractivity contribution in [3.63, 3.8) is 0 Å². The molecule has 28 heavy (non-hydrogen) atoms. The Bertz CT molecular complexity index is 572. The highest BCUT2D eigenvalue weighted by molar-refractivity contribution is 5.65. The number of carbonyl (C=O) groups is 1. The van der Waals surface area contributed by atoms with Crippen LogP contribution in [0.2, 0.25) is 0 Å². The molecule has 1 spiro atoms. The molecule has 4 rings (SSSR count). The van der Waals surface area contributed by atoms with Gasteiger partial charge >= 0.3 is 12.3 Å². The number of hydrogen-bond acceptors (Lipinski definition) is 3. The maximum Gasteiger partial charge on any atom is 0.407 e. The molecular weight excluding hydrogens is 371 g/mol. The Morgan fingerprint density at radius 3 is 2.39 bits per heavy atom. The van der Waals surface area contributed by atoms with E-state index in [-0.39, 0.29) is 12.0 Å². The van der Waals surface area contributed by atoms with Crippen LogP contribution < -0.4 is 0 Å². The molecule has 0 radical (unpaired) electrons. The lowest BCUT2D eigenvalue weighted by atomic mass is 9.64. The molecule has 1 aliphatic carbocycles. The monoisotopic (exact) mass is 403 g/mol. The highest BCUT2D eigenvalue weighted by Crippen LogP contribution is 2.50. The van der Waals surface area contributed by atoms with Gasteiger partial charge in [0.15, 0.2) is 0 Å². The summed E-state index contributed by atoms with van der Waals surface area (Å²) in [6.45, 7) is 4.40. The van der Waals surface area contributed by atoms with Gasteiger partial charge in [0.1, 0.15) is 0 Å². The number of hydrogen-bond donors (Lipinski definition) is 1. The lowest BCUT2D eigenvalue weighted by Gasteiger charge is -2.52. The normalized spacial score (nSPS) is 35.6. The Balaban J connectivity index is 1.22. The summed E-state index contributed by atoms with van der Waals surface area (Å²) in [6.07, 6.45) is 1.86. The van der Waals surface area contributed by atoms with E-state index in [9.17, 15) is 18.0 Å². The number of nitrogens with zero attached hydrogens (tertiary/aromatic N) is 3. The minimum absolute atomic E-state index is 0.152. The van der Waals surface area contributed by atoms with Gasteiger partial charge in [-0.1, -0.05) is 0 Å². The fourth-order valence-corrected chi connectivity index (χ4v) is 6.23. The molecule has 160 valence electrons. The summed E-state index contributed by atoms with van der Waals surface area (Å²) in [5, 5.41) is 9.17. The summed E-state index contributed by atoms with van der Waals surface area (Å²) in [7, 11) is 0. The van der Waals surface area contributed by atoms with Gasteiger partial charge in [-0.3, -0.25) is 4.90 Å². The standard InChI is InChI=1S/C20H32F3N3O2/c21-20(22,23)6-11-25-7-1-2-17(25)15-3-8-24(9-4-15)16-12-19(13-16)5-10-26(14-19)18(27)28/h15-17H,1-14H2,(H,27,28)/t16?,17-,19?/m0/s1. The van der Waals surface area contributed by atoms with Crippen LogP contribution >= 0.6 is 0 Å². The zero-order valence-corrected chi connectivity index (χ0v) is 16.5. The van der Waals surface area contributed by atoms with Crippen molar-refractivity contribution in [2.75, 3.05) is 39.3 Å². The van der Waals surface area contributed by atoms with Crippen molar-refractivity contribution >= 4 is 6.09 Å². The maximum atomic E-state index is 12.6. The van der Waals surface area contributed by atoms with Crippen molar-refractivity contribution in [3.8, 4) is 0 Å². The Kier molecular flexibility index (Phi) is 5.55. The van der Waals surface area contributed by atoms with Gasteiger partial charge in [-0.25, -0.2) is 4.79 Å². The van der Waals surface area contributed by atoms with E-state index < -0.39 is 18.7 Å². The van der Waals surface area contributed by atoms with Crippen LogP contribution in [0, 0.1) is 11.3 Å². The van der Waals surface area contributed by atoms with Gasteiger partial charge in [-0.05, 0) is 75.9 Å². The Morgan fingerprint density at radius 1 is 1.07 bits per heavy atom. The van der Waals surface area contributed by atoms with E-state index in [0.717, 1.165) is 64.6 Å². The van der Waals surface area contributed by atoms with Crippen LogP contribution in [0.3, 0.4) is 0 Å². The first-order chi connectivity index (χ1) is 13.2. The highest BCUT2D eigenvalue weighted by atomic mass is 19.4. The second kappa shape index (κ2) is 7.67. The minimum Gasteiger partial charge on any atom is -0.465 e. The first-order valence-electron chi connectivity index (χ1n) is 10.8. The molecule has 0 aromatic carbocycles. The number of likely N-dealkylation sites (tertiary alicyclic amines) is 3. The molecule has 0 aromatic heterocycles. The quantitative estimate of drug-likeness (QED) is 0.779. The van der Waals surface area contributed by atoms with Gasteiger partial charge in [0.2, 0.25) is 0 Å². The molecule has 3 saturated heterocycles. The Morgan fingerprint density at radius 2 is 1.79 bits per heavy atom. The van der Waals surface area contributed by atoms with E-state index in [2.05, 4.69) is 9.80 Å². The molecule has 1 atom stereocenters. The first kappa shape index (κ1) is 20.3. The summed E-state index contributed by atoms with van der Waals surface area (Å²) < 4.78 is 37.8. The molecule has 0 unspecified atom stereocenters. The van der Waals surface area contributed by atoms with Crippen LogP contribution in [0.4, 0.5) is 18.0 Å². The van der Waals surface area contributed by atoms with Gasteiger partial charge in [0.05, 0.1) is 6.42 Å². The van der Waals surface area contributed by atoms with Crippen LogP contribution in [0.15, 0.2) is 0 Å². The molecule has 3 aliphatic heterocycles. The van der Waals surface area contributed by atoms with E-state index in [4.69, 9.17) is 5.11 Å². The lowest BCUT2D eigenvalue weighted by Crippen LogP contribution is -2.55. The molecule has 3 heterocycles. The molecule has 4 aliphatic rings. The van der Waals surface area contributed by atoms with E-state index in [1.54, 1.807) is 4.90 Å². The molecule has 5 nitrogen and oxygen atoms in total. The molecular formula is C20H32F3N3O2. The van der Waals surface area contributed by atoms with Crippen molar-refractivity contribution in [2.24, 2.45) is 11.3 Å². The smallest absolute Gasteiger partial charge is 0.407 e. The van der Waals surface area contributed by atoms with Crippen molar-refractivity contribution < 1.29 is 23.1 Å². The first-order valence-corrected chi connectivity index (χ1v) is 10.8. The number of amides is 1. The third-order valence-corrected chi connectivity index (χ3v) is 7.78. The molecule has 4 fully saturated rings. The molecule has 1 N–H and O–H groups in total. The van der Waals surface area contributed by atoms with Gasteiger partial charge in [0.25, 0.3) is 0 Å². The van der Waals surface area contributed by atoms with Crippen molar-refractivity contribution in [2.45, 2.75) is 69.6 Å². The van der Waals surface area contributed by atoms with Gasteiger partial charge in [-0.2, -0.15) is 13.2 Å². The number of carboxylic acid groups (broad SMARTS) is 1. The van der Waals surface area contributed by atoms with Gasteiger partial charge in [-0.15, -0.1) is 0 Å². The second-order valence-corrected chi connectivity index (χ2v) is 9.50. The van der Waals surface area contributed by atoms with E-state index in [0.29, 0.717) is 31.1 Å². The maximum absolute atomic E-state index is 12.6. The zero-order chi connectivity index (χ0) is 19.9. The summed E-state index contributed by atoms with van der Waals surface area (Å²) in [5.41, 5.74) is 0.208. The molecule has 1 amide bonds. The summed E-state index contributed by atoms with van der Waals surface area (Å²) in [5.74, 6) is 0.523.